The zero-order valence-electron chi connectivity index (χ0n) is 22.6. The fraction of sp³-hybridized carbons (Fsp3) is 0.241. The van der Waals surface area contributed by atoms with E-state index in [4.69, 9.17) is 11.6 Å². The maximum atomic E-state index is 14.7. The number of rotatable bonds is 8. The molecule has 1 N–H and O–H groups in total. The lowest BCUT2D eigenvalue weighted by Crippen LogP contribution is -2.28. The first kappa shape index (κ1) is 29.4. The zero-order chi connectivity index (χ0) is 31.3. The Bertz CT molecular complexity index is 1810. The molecule has 4 heterocycles. The van der Waals surface area contributed by atoms with Crippen LogP contribution in [0.5, 0.6) is 0 Å². The van der Waals surface area contributed by atoms with Crippen molar-refractivity contribution < 1.29 is 31.5 Å². The fourth-order valence-electron chi connectivity index (χ4n) is 5.16. The summed E-state index contributed by atoms with van der Waals surface area (Å²) < 4.78 is 71.4. The third kappa shape index (κ3) is 5.19. The lowest BCUT2D eigenvalue weighted by atomic mass is 9.85. The Kier molecular flexibility index (Phi) is 7.61. The second-order valence-corrected chi connectivity index (χ2v) is 10.7. The summed E-state index contributed by atoms with van der Waals surface area (Å²) in [4.78, 5) is 38.9. The number of anilines is 2. The molecule has 4 aromatic rings. The van der Waals surface area contributed by atoms with E-state index in [1.165, 1.54) is 34.2 Å². The molecule has 3 atom stereocenters. The largest absolute Gasteiger partial charge is 0.318 e. The summed E-state index contributed by atoms with van der Waals surface area (Å²) in [5.41, 5.74) is -1.66. The SMILES string of the molecule is CC(c1cnc(N2C[C@H]3C=C[C@H]3C2=O)c(C(F)F)c1)n1cc(NC(=O)c2cncc(-c3c(C(F)F)ccc(Cl)c3F)n2)cn1. The first-order valence-corrected chi connectivity index (χ1v) is 13.6. The van der Waals surface area contributed by atoms with Gasteiger partial charge < -0.3 is 5.32 Å². The Balaban J connectivity index is 1.20. The molecule has 1 unspecified atom stereocenters. The summed E-state index contributed by atoms with van der Waals surface area (Å²) >= 11 is 5.79. The molecule has 44 heavy (non-hydrogen) atoms. The third-order valence-electron chi connectivity index (χ3n) is 7.60. The second kappa shape index (κ2) is 11.4. The Hall–Kier alpha value is -4.72. The summed E-state index contributed by atoms with van der Waals surface area (Å²) in [6.45, 7) is 1.98. The smallest absolute Gasteiger partial charge is 0.275 e. The lowest BCUT2D eigenvalue weighted by molar-refractivity contribution is -0.119. The van der Waals surface area contributed by atoms with Crippen LogP contribution in [0.1, 0.15) is 53.0 Å². The molecule has 1 aliphatic carbocycles. The third-order valence-corrected chi connectivity index (χ3v) is 7.89. The van der Waals surface area contributed by atoms with E-state index >= 15 is 0 Å². The van der Waals surface area contributed by atoms with E-state index in [2.05, 4.69) is 25.4 Å². The first-order chi connectivity index (χ1) is 21.0. The van der Waals surface area contributed by atoms with Crippen LogP contribution in [-0.4, -0.2) is 43.1 Å². The Morgan fingerprint density at radius 3 is 2.50 bits per heavy atom. The van der Waals surface area contributed by atoms with Gasteiger partial charge in [0.05, 0.1) is 52.5 Å². The first-order valence-electron chi connectivity index (χ1n) is 13.2. The van der Waals surface area contributed by atoms with E-state index in [0.29, 0.717) is 12.1 Å². The van der Waals surface area contributed by atoms with Gasteiger partial charge in [-0.3, -0.25) is 24.2 Å². The number of benzene rings is 1. The van der Waals surface area contributed by atoms with Crippen molar-refractivity contribution in [3.8, 4) is 11.3 Å². The Morgan fingerprint density at radius 1 is 1.07 bits per heavy atom. The molecule has 2 aliphatic rings. The highest BCUT2D eigenvalue weighted by Crippen LogP contribution is 2.40. The highest BCUT2D eigenvalue weighted by atomic mass is 35.5. The van der Waals surface area contributed by atoms with Gasteiger partial charge in [0.2, 0.25) is 5.91 Å². The predicted molar refractivity (Wildman–Crippen MR) is 149 cm³/mol. The fourth-order valence-corrected chi connectivity index (χ4v) is 5.32. The molecular weight excluding hydrogens is 609 g/mol. The van der Waals surface area contributed by atoms with Crippen LogP contribution >= 0.6 is 11.6 Å². The van der Waals surface area contributed by atoms with Crippen LogP contribution in [0.25, 0.3) is 11.3 Å². The predicted octanol–water partition coefficient (Wildman–Crippen LogP) is 6.41. The maximum absolute atomic E-state index is 14.7. The van der Waals surface area contributed by atoms with Crippen molar-refractivity contribution in [2.24, 2.45) is 11.8 Å². The summed E-state index contributed by atoms with van der Waals surface area (Å²) in [5, 5.41) is 6.34. The van der Waals surface area contributed by atoms with Crippen LogP contribution in [0.3, 0.4) is 0 Å². The number of hydrogen-bond acceptors (Lipinski definition) is 6. The lowest BCUT2D eigenvalue weighted by Gasteiger charge is -2.21. The van der Waals surface area contributed by atoms with E-state index < -0.39 is 46.8 Å². The number of aromatic nitrogens is 5. The highest BCUT2D eigenvalue weighted by molar-refractivity contribution is 6.31. The molecule has 0 bridgehead atoms. The van der Waals surface area contributed by atoms with E-state index in [-0.39, 0.29) is 46.2 Å². The minimum Gasteiger partial charge on any atom is -0.318 e. The molecule has 0 spiro atoms. The van der Waals surface area contributed by atoms with Gasteiger partial charge in [-0.1, -0.05) is 29.8 Å². The quantitative estimate of drug-likeness (QED) is 0.178. The van der Waals surface area contributed by atoms with Crippen LogP contribution in [0.2, 0.25) is 5.02 Å². The number of pyridine rings is 1. The number of hydrogen-bond donors (Lipinski definition) is 1. The monoisotopic (exact) mass is 629 g/mol. The van der Waals surface area contributed by atoms with Gasteiger partial charge >= 0.3 is 0 Å². The standard InChI is InChI=1S/C29H21ClF5N7O2/c1-13(15-6-19(26(34)35)27(37-7-15)41-11-14-2-3-17(14)29(41)44)42-12-16(8-38-42)39-28(43)22-10-36-9-21(40-22)23-18(25(32)33)4-5-20(30)24(23)31/h2-10,12-14,17,25-26H,11H2,1H3,(H,39,43)/t13?,14-,17-/m1/s1. The topological polar surface area (TPSA) is 106 Å². The number of halogens is 6. The van der Waals surface area contributed by atoms with E-state index in [0.717, 1.165) is 24.5 Å². The molecule has 2 amide bonds. The van der Waals surface area contributed by atoms with Crippen molar-refractivity contribution in [1.29, 1.82) is 0 Å². The van der Waals surface area contributed by atoms with Gasteiger partial charge in [0.1, 0.15) is 11.5 Å². The number of fused-ring (bicyclic) bond motifs is 1. The number of carbonyl (C=O) groups is 2. The van der Waals surface area contributed by atoms with Crippen molar-refractivity contribution >= 4 is 34.9 Å². The van der Waals surface area contributed by atoms with Gasteiger partial charge in [-0.05, 0) is 24.6 Å². The van der Waals surface area contributed by atoms with Gasteiger partial charge in [0.15, 0.2) is 5.82 Å². The summed E-state index contributed by atoms with van der Waals surface area (Å²) in [6.07, 6.45) is 3.95. The van der Waals surface area contributed by atoms with Gasteiger partial charge in [0.25, 0.3) is 18.8 Å². The summed E-state index contributed by atoms with van der Waals surface area (Å²) in [7, 11) is 0. The van der Waals surface area contributed by atoms with Crippen LogP contribution < -0.4 is 10.2 Å². The molecule has 6 rings (SSSR count). The van der Waals surface area contributed by atoms with Crippen molar-refractivity contribution in [3.63, 3.8) is 0 Å². The van der Waals surface area contributed by atoms with E-state index in [1.54, 1.807) is 13.0 Å². The Morgan fingerprint density at radius 2 is 1.84 bits per heavy atom. The minimum atomic E-state index is -3.04. The van der Waals surface area contributed by atoms with Crippen LogP contribution in [-0.2, 0) is 4.79 Å². The van der Waals surface area contributed by atoms with Crippen molar-refractivity contribution in [2.75, 3.05) is 16.8 Å². The van der Waals surface area contributed by atoms with Gasteiger partial charge in [-0.15, -0.1) is 0 Å². The molecule has 1 fully saturated rings. The number of nitrogens with zero attached hydrogens (tertiary/aromatic N) is 6. The van der Waals surface area contributed by atoms with Crippen molar-refractivity contribution in [1.82, 2.24) is 24.7 Å². The molecule has 226 valence electrons. The van der Waals surface area contributed by atoms with Gasteiger partial charge in [0, 0.05) is 36.0 Å². The summed E-state index contributed by atoms with van der Waals surface area (Å²) in [5.74, 6) is -2.57. The van der Waals surface area contributed by atoms with Crippen LogP contribution in [0.4, 0.5) is 33.5 Å². The van der Waals surface area contributed by atoms with E-state index in [1.807, 2.05) is 6.08 Å². The average Bonchev–Trinajstić information content (AvgIpc) is 3.54. The molecular formula is C29H21ClF5N7O2. The number of nitrogens with one attached hydrogen (secondary N) is 1. The van der Waals surface area contributed by atoms with Crippen LogP contribution in [0, 0.1) is 17.7 Å². The van der Waals surface area contributed by atoms with Crippen molar-refractivity contribution in [3.05, 3.63) is 94.6 Å². The maximum Gasteiger partial charge on any atom is 0.275 e. The molecule has 1 saturated heterocycles. The molecule has 1 aromatic carbocycles. The number of alkyl halides is 4. The molecule has 9 nitrogen and oxygen atoms in total. The average molecular weight is 630 g/mol. The van der Waals surface area contributed by atoms with Gasteiger partial charge in [-0.25, -0.2) is 31.9 Å². The van der Waals surface area contributed by atoms with Gasteiger partial charge in [-0.2, -0.15) is 5.10 Å². The Labute approximate surface area is 251 Å². The molecule has 0 radical (unpaired) electrons. The number of amides is 2. The van der Waals surface area contributed by atoms with E-state index in [9.17, 15) is 31.5 Å². The zero-order valence-corrected chi connectivity index (χ0v) is 23.4. The molecule has 0 saturated carbocycles. The van der Waals surface area contributed by atoms with Crippen LogP contribution in [0.15, 0.2) is 61.3 Å². The van der Waals surface area contributed by atoms with Crippen molar-refractivity contribution in [2.45, 2.75) is 25.8 Å². The highest BCUT2D eigenvalue weighted by Gasteiger charge is 2.44. The second-order valence-electron chi connectivity index (χ2n) is 10.3. The molecule has 15 heteroatoms. The minimum absolute atomic E-state index is 0.00676. The molecule has 1 aliphatic heterocycles. The normalized spacial score (nSPS) is 18.1. The summed E-state index contributed by atoms with van der Waals surface area (Å²) in [6, 6.07) is 2.64. The molecule has 3 aromatic heterocycles. The number of carbonyl (C=O) groups excluding carboxylic acids is 2.